The Kier molecular flexibility index (Phi) is 5.76. The Morgan fingerprint density at radius 1 is 1.11 bits per heavy atom. The average Bonchev–Trinajstić information content (AvgIpc) is 2.32. The SMILES string of the molecule is CCCN(CCC)C(C)(N)Cc1ccc(F)cc1. The molecule has 1 rings (SSSR count). The lowest BCUT2D eigenvalue weighted by Gasteiger charge is -2.38. The van der Waals surface area contributed by atoms with Crippen LogP contribution in [0.2, 0.25) is 0 Å². The molecule has 1 aromatic rings. The van der Waals surface area contributed by atoms with E-state index in [2.05, 4.69) is 25.7 Å². The zero-order chi connectivity index (χ0) is 13.6. The minimum atomic E-state index is -0.371. The second-order valence-corrected chi connectivity index (χ2v) is 5.15. The zero-order valence-corrected chi connectivity index (χ0v) is 11.7. The molecular formula is C15H25FN2. The second-order valence-electron chi connectivity index (χ2n) is 5.15. The predicted octanol–water partition coefficient (Wildman–Crippen LogP) is 3.17. The first-order valence-electron chi connectivity index (χ1n) is 6.78. The van der Waals surface area contributed by atoms with Gasteiger partial charge in [0.1, 0.15) is 5.82 Å². The van der Waals surface area contributed by atoms with Gasteiger partial charge in [-0.15, -0.1) is 0 Å². The molecule has 0 saturated carbocycles. The summed E-state index contributed by atoms with van der Waals surface area (Å²) >= 11 is 0. The number of hydrogen-bond acceptors (Lipinski definition) is 2. The van der Waals surface area contributed by atoms with Crippen LogP contribution in [0.25, 0.3) is 0 Å². The summed E-state index contributed by atoms with van der Waals surface area (Å²) in [4.78, 5) is 2.32. The van der Waals surface area contributed by atoms with Crippen molar-refractivity contribution in [3.05, 3.63) is 35.6 Å². The highest BCUT2D eigenvalue weighted by molar-refractivity contribution is 5.18. The number of halogens is 1. The molecule has 1 unspecified atom stereocenters. The highest BCUT2D eigenvalue weighted by Gasteiger charge is 2.26. The van der Waals surface area contributed by atoms with E-state index in [0.29, 0.717) is 0 Å². The van der Waals surface area contributed by atoms with Crippen LogP contribution in [0, 0.1) is 5.82 Å². The molecule has 0 heterocycles. The van der Waals surface area contributed by atoms with Crippen molar-refractivity contribution < 1.29 is 4.39 Å². The highest BCUT2D eigenvalue weighted by atomic mass is 19.1. The van der Waals surface area contributed by atoms with Crippen LogP contribution < -0.4 is 5.73 Å². The van der Waals surface area contributed by atoms with Gasteiger partial charge in [0.05, 0.1) is 5.66 Å². The third-order valence-corrected chi connectivity index (χ3v) is 3.18. The molecule has 1 aromatic carbocycles. The summed E-state index contributed by atoms with van der Waals surface area (Å²) in [5.74, 6) is -0.198. The van der Waals surface area contributed by atoms with E-state index in [9.17, 15) is 4.39 Å². The molecule has 102 valence electrons. The summed E-state index contributed by atoms with van der Waals surface area (Å²) in [6, 6.07) is 6.62. The molecule has 0 aliphatic rings. The first-order chi connectivity index (χ1) is 8.49. The fraction of sp³-hybridized carbons (Fsp3) is 0.600. The summed E-state index contributed by atoms with van der Waals surface area (Å²) in [5.41, 5.74) is 7.15. The van der Waals surface area contributed by atoms with Crippen molar-refractivity contribution in [2.45, 2.75) is 45.7 Å². The van der Waals surface area contributed by atoms with Crippen molar-refractivity contribution >= 4 is 0 Å². The third-order valence-electron chi connectivity index (χ3n) is 3.18. The molecule has 0 fully saturated rings. The van der Waals surface area contributed by atoms with E-state index < -0.39 is 0 Å². The van der Waals surface area contributed by atoms with Crippen LogP contribution in [0.15, 0.2) is 24.3 Å². The maximum atomic E-state index is 12.9. The summed E-state index contributed by atoms with van der Waals surface area (Å²) in [6.45, 7) is 8.39. The normalized spacial score (nSPS) is 14.8. The number of nitrogens with zero attached hydrogens (tertiary/aromatic N) is 1. The standard InChI is InChI=1S/C15H25FN2/c1-4-10-18(11-5-2)15(3,17)12-13-6-8-14(16)9-7-13/h6-9H,4-5,10-12,17H2,1-3H3. The first kappa shape index (κ1) is 15.1. The van der Waals surface area contributed by atoms with E-state index >= 15 is 0 Å². The van der Waals surface area contributed by atoms with Crippen LogP contribution in [0.1, 0.15) is 39.2 Å². The third kappa shape index (κ3) is 4.39. The number of rotatable bonds is 7. The predicted molar refractivity (Wildman–Crippen MR) is 74.9 cm³/mol. The molecule has 2 nitrogen and oxygen atoms in total. The van der Waals surface area contributed by atoms with E-state index in [1.54, 1.807) is 0 Å². The Labute approximate surface area is 110 Å². The van der Waals surface area contributed by atoms with Crippen molar-refractivity contribution in [2.24, 2.45) is 5.73 Å². The van der Waals surface area contributed by atoms with E-state index in [1.807, 2.05) is 12.1 Å². The quantitative estimate of drug-likeness (QED) is 0.755. The lowest BCUT2D eigenvalue weighted by Crippen LogP contribution is -2.55. The number of benzene rings is 1. The van der Waals surface area contributed by atoms with Gasteiger partial charge in [-0.25, -0.2) is 4.39 Å². The molecule has 18 heavy (non-hydrogen) atoms. The van der Waals surface area contributed by atoms with Crippen molar-refractivity contribution in [1.29, 1.82) is 0 Å². The number of hydrogen-bond donors (Lipinski definition) is 1. The molecule has 2 N–H and O–H groups in total. The van der Waals surface area contributed by atoms with Crippen LogP contribution in [0.4, 0.5) is 4.39 Å². The van der Waals surface area contributed by atoms with Crippen molar-refractivity contribution in [3.63, 3.8) is 0 Å². The Morgan fingerprint density at radius 3 is 2.06 bits per heavy atom. The van der Waals surface area contributed by atoms with E-state index in [4.69, 9.17) is 5.73 Å². The lowest BCUT2D eigenvalue weighted by atomic mass is 9.99. The fourth-order valence-corrected chi connectivity index (χ4v) is 2.29. The molecule has 0 saturated heterocycles. The first-order valence-corrected chi connectivity index (χ1v) is 6.78. The topological polar surface area (TPSA) is 29.3 Å². The fourth-order valence-electron chi connectivity index (χ4n) is 2.29. The van der Waals surface area contributed by atoms with Gasteiger partial charge in [-0.05, 0) is 50.6 Å². The molecule has 1 atom stereocenters. The molecule has 0 radical (unpaired) electrons. The number of nitrogens with two attached hydrogens (primary N) is 1. The summed E-state index contributed by atoms with van der Waals surface area (Å²) in [7, 11) is 0. The molecule has 3 heteroatoms. The van der Waals surface area contributed by atoms with E-state index in [-0.39, 0.29) is 11.5 Å². The minimum absolute atomic E-state index is 0.198. The molecule has 0 aliphatic heterocycles. The Bertz CT molecular complexity index is 340. The van der Waals surface area contributed by atoms with Gasteiger partial charge in [-0.1, -0.05) is 26.0 Å². The van der Waals surface area contributed by atoms with E-state index in [1.165, 1.54) is 12.1 Å². The zero-order valence-electron chi connectivity index (χ0n) is 11.7. The average molecular weight is 252 g/mol. The smallest absolute Gasteiger partial charge is 0.123 e. The van der Waals surface area contributed by atoms with Gasteiger partial charge in [-0.2, -0.15) is 0 Å². The van der Waals surface area contributed by atoms with Gasteiger partial charge in [0.2, 0.25) is 0 Å². The molecule has 0 amide bonds. The maximum Gasteiger partial charge on any atom is 0.123 e. The van der Waals surface area contributed by atoms with Crippen molar-refractivity contribution in [2.75, 3.05) is 13.1 Å². The van der Waals surface area contributed by atoms with Crippen molar-refractivity contribution in [3.8, 4) is 0 Å². The molecule has 0 aromatic heterocycles. The molecule has 0 bridgehead atoms. The summed E-state index contributed by atoms with van der Waals surface area (Å²) in [6.07, 6.45) is 2.93. The summed E-state index contributed by atoms with van der Waals surface area (Å²) in [5, 5.41) is 0. The van der Waals surface area contributed by atoms with Gasteiger partial charge in [-0.3, -0.25) is 4.90 Å². The van der Waals surface area contributed by atoms with Crippen LogP contribution in [0.5, 0.6) is 0 Å². The van der Waals surface area contributed by atoms with Gasteiger partial charge in [0, 0.05) is 6.42 Å². The highest BCUT2D eigenvalue weighted by Crippen LogP contribution is 2.17. The Morgan fingerprint density at radius 2 is 1.61 bits per heavy atom. The van der Waals surface area contributed by atoms with Crippen LogP contribution in [-0.2, 0) is 6.42 Å². The van der Waals surface area contributed by atoms with Gasteiger partial charge >= 0.3 is 0 Å². The van der Waals surface area contributed by atoms with Gasteiger partial charge in [0.25, 0.3) is 0 Å². The van der Waals surface area contributed by atoms with Gasteiger partial charge in [0.15, 0.2) is 0 Å². The monoisotopic (exact) mass is 252 g/mol. The van der Waals surface area contributed by atoms with Crippen molar-refractivity contribution in [1.82, 2.24) is 4.90 Å². The molecule has 0 aliphatic carbocycles. The van der Waals surface area contributed by atoms with E-state index in [0.717, 1.165) is 37.9 Å². The largest absolute Gasteiger partial charge is 0.313 e. The Balaban J connectivity index is 2.74. The Hall–Kier alpha value is -0.930. The maximum absolute atomic E-state index is 12.9. The van der Waals surface area contributed by atoms with Crippen LogP contribution >= 0.6 is 0 Å². The molecular weight excluding hydrogens is 227 g/mol. The minimum Gasteiger partial charge on any atom is -0.313 e. The van der Waals surface area contributed by atoms with Crippen LogP contribution in [-0.4, -0.2) is 23.7 Å². The summed E-state index contributed by atoms with van der Waals surface area (Å²) < 4.78 is 12.9. The van der Waals surface area contributed by atoms with Crippen LogP contribution in [0.3, 0.4) is 0 Å². The van der Waals surface area contributed by atoms with Gasteiger partial charge < -0.3 is 5.73 Å². The lowest BCUT2D eigenvalue weighted by molar-refractivity contribution is 0.108. The second kappa shape index (κ2) is 6.86. The molecule has 0 spiro atoms.